The highest BCUT2D eigenvalue weighted by Gasteiger charge is 2.29. The number of likely N-dealkylation sites (N-methyl/N-ethyl adjacent to an activating group) is 1. The standard InChI is InChI=1S/C16H22N2O3S/c1-17-12-14(11-16(17)19)13-5-7-15(8-6-13)22(20,21)18-9-3-2-4-10-18/h5-8,14H,2-4,9-12H2,1H3/t14-/m0/s1. The van der Waals surface area contributed by atoms with Crippen LogP contribution in [0.4, 0.5) is 0 Å². The highest BCUT2D eigenvalue weighted by molar-refractivity contribution is 7.89. The second-order valence-electron chi connectivity index (χ2n) is 6.21. The van der Waals surface area contributed by atoms with Crippen molar-refractivity contribution in [3.63, 3.8) is 0 Å². The minimum atomic E-state index is -3.37. The van der Waals surface area contributed by atoms with Crippen LogP contribution in [0.5, 0.6) is 0 Å². The van der Waals surface area contributed by atoms with E-state index in [0.717, 1.165) is 24.8 Å². The molecule has 2 heterocycles. The summed E-state index contributed by atoms with van der Waals surface area (Å²) in [7, 11) is -1.56. The number of hydrogen-bond acceptors (Lipinski definition) is 3. The maximum absolute atomic E-state index is 12.6. The number of rotatable bonds is 3. The van der Waals surface area contributed by atoms with Gasteiger partial charge < -0.3 is 4.90 Å². The van der Waals surface area contributed by atoms with E-state index in [1.165, 1.54) is 0 Å². The van der Waals surface area contributed by atoms with Gasteiger partial charge in [0.25, 0.3) is 0 Å². The lowest BCUT2D eigenvalue weighted by Gasteiger charge is -2.26. The van der Waals surface area contributed by atoms with Gasteiger partial charge in [0.1, 0.15) is 0 Å². The van der Waals surface area contributed by atoms with Crippen LogP contribution in [0.25, 0.3) is 0 Å². The summed E-state index contributed by atoms with van der Waals surface area (Å²) in [6.45, 7) is 1.94. The fraction of sp³-hybridized carbons (Fsp3) is 0.562. The van der Waals surface area contributed by atoms with E-state index < -0.39 is 10.0 Å². The highest BCUT2D eigenvalue weighted by Crippen LogP contribution is 2.28. The van der Waals surface area contributed by atoms with Crippen molar-refractivity contribution in [1.29, 1.82) is 0 Å². The largest absolute Gasteiger partial charge is 0.345 e. The van der Waals surface area contributed by atoms with Crippen molar-refractivity contribution in [3.05, 3.63) is 29.8 Å². The van der Waals surface area contributed by atoms with Gasteiger partial charge in [-0.05, 0) is 30.5 Å². The fourth-order valence-corrected chi connectivity index (χ4v) is 4.77. The van der Waals surface area contributed by atoms with Crippen molar-refractivity contribution >= 4 is 15.9 Å². The van der Waals surface area contributed by atoms with Crippen LogP contribution in [0.3, 0.4) is 0 Å². The maximum atomic E-state index is 12.6. The van der Waals surface area contributed by atoms with Crippen molar-refractivity contribution in [3.8, 4) is 0 Å². The number of piperidine rings is 1. The number of carbonyl (C=O) groups excluding carboxylic acids is 1. The number of likely N-dealkylation sites (tertiary alicyclic amines) is 1. The first-order chi connectivity index (χ1) is 10.5. The molecule has 1 atom stereocenters. The zero-order chi connectivity index (χ0) is 15.7. The molecule has 2 saturated heterocycles. The van der Waals surface area contributed by atoms with Gasteiger partial charge in [-0.15, -0.1) is 0 Å². The molecule has 22 heavy (non-hydrogen) atoms. The van der Waals surface area contributed by atoms with E-state index in [9.17, 15) is 13.2 Å². The number of sulfonamides is 1. The van der Waals surface area contributed by atoms with E-state index >= 15 is 0 Å². The maximum Gasteiger partial charge on any atom is 0.243 e. The van der Waals surface area contributed by atoms with Gasteiger partial charge in [0.15, 0.2) is 0 Å². The Morgan fingerprint density at radius 1 is 1.05 bits per heavy atom. The monoisotopic (exact) mass is 322 g/mol. The van der Waals surface area contributed by atoms with Crippen LogP contribution in [-0.2, 0) is 14.8 Å². The molecule has 0 aromatic heterocycles. The molecule has 0 bridgehead atoms. The minimum Gasteiger partial charge on any atom is -0.345 e. The van der Waals surface area contributed by atoms with Gasteiger partial charge in [0, 0.05) is 39.0 Å². The smallest absolute Gasteiger partial charge is 0.243 e. The first-order valence-corrected chi connectivity index (χ1v) is 9.26. The number of benzene rings is 1. The van der Waals surface area contributed by atoms with Crippen LogP contribution < -0.4 is 0 Å². The molecule has 5 nitrogen and oxygen atoms in total. The average Bonchev–Trinajstić information content (AvgIpc) is 2.88. The lowest BCUT2D eigenvalue weighted by molar-refractivity contribution is -0.126. The Morgan fingerprint density at radius 3 is 2.23 bits per heavy atom. The van der Waals surface area contributed by atoms with E-state index in [0.29, 0.717) is 31.0 Å². The number of hydrogen-bond donors (Lipinski definition) is 0. The van der Waals surface area contributed by atoms with Crippen LogP contribution >= 0.6 is 0 Å². The van der Waals surface area contributed by atoms with Crippen molar-refractivity contribution in [2.75, 3.05) is 26.7 Å². The third-order valence-electron chi connectivity index (χ3n) is 4.65. The van der Waals surface area contributed by atoms with E-state index in [-0.39, 0.29) is 11.8 Å². The molecule has 0 aliphatic carbocycles. The molecule has 2 fully saturated rings. The second kappa shape index (κ2) is 6.01. The Morgan fingerprint density at radius 2 is 1.68 bits per heavy atom. The number of carbonyl (C=O) groups is 1. The van der Waals surface area contributed by atoms with Crippen molar-refractivity contribution < 1.29 is 13.2 Å². The lowest BCUT2D eigenvalue weighted by Crippen LogP contribution is -2.35. The summed E-state index contributed by atoms with van der Waals surface area (Å²) in [5.41, 5.74) is 1.04. The topological polar surface area (TPSA) is 57.7 Å². The predicted octanol–water partition coefficient (Wildman–Crippen LogP) is 1.81. The van der Waals surface area contributed by atoms with E-state index in [1.54, 1.807) is 28.4 Å². The van der Waals surface area contributed by atoms with Crippen LogP contribution in [0.2, 0.25) is 0 Å². The lowest BCUT2D eigenvalue weighted by atomic mass is 9.98. The summed E-state index contributed by atoms with van der Waals surface area (Å²) >= 11 is 0. The zero-order valence-corrected chi connectivity index (χ0v) is 13.7. The molecule has 120 valence electrons. The SMILES string of the molecule is CN1C[C@@H](c2ccc(S(=O)(=O)N3CCCCC3)cc2)CC1=O. The molecule has 2 aliphatic heterocycles. The predicted molar refractivity (Wildman–Crippen MR) is 84.0 cm³/mol. The van der Waals surface area contributed by atoms with Gasteiger partial charge in [-0.3, -0.25) is 4.79 Å². The average molecular weight is 322 g/mol. The summed E-state index contributed by atoms with van der Waals surface area (Å²) < 4.78 is 26.8. The van der Waals surface area contributed by atoms with E-state index in [2.05, 4.69) is 0 Å². The van der Waals surface area contributed by atoms with E-state index in [4.69, 9.17) is 0 Å². The van der Waals surface area contributed by atoms with Crippen molar-refractivity contribution in [2.24, 2.45) is 0 Å². The normalized spacial score (nSPS) is 24.0. The minimum absolute atomic E-state index is 0.148. The fourth-order valence-electron chi connectivity index (χ4n) is 3.25. The Bertz CT molecular complexity index is 648. The molecule has 0 spiro atoms. The van der Waals surface area contributed by atoms with Gasteiger partial charge in [-0.25, -0.2) is 8.42 Å². The first kappa shape index (κ1) is 15.5. The molecule has 1 aromatic carbocycles. The third-order valence-corrected chi connectivity index (χ3v) is 6.56. The highest BCUT2D eigenvalue weighted by atomic mass is 32.2. The molecule has 3 rings (SSSR count). The van der Waals surface area contributed by atoms with Gasteiger partial charge in [-0.2, -0.15) is 4.31 Å². The first-order valence-electron chi connectivity index (χ1n) is 7.82. The van der Waals surface area contributed by atoms with Gasteiger partial charge in [0.2, 0.25) is 15.9 Å². The molecule has 0 saturated carbocycles. The van der Waals surface area contributed by atoms with Crippen LogP contribution in [0.1, 0.15) is 37.2 Å². The Hall–Kier alpha value is -1.40. The molecular formula is C16H22N2O3S. The Labute approximate surface area is 132 Å². The summed E-state index contributed by atoms with van der Waals surface area (Å²) in [5.74, 6) is 0.319. The van der Waals surface area contributed by atoms with Crippen LogP contribution in [-0.4, -0.2) is 50.2 Å². The van der Waals surface area contributed by atoms with Crippen molar-refractivity contribution in [1.82, 2.24) is 9.21 Å². The summed E-state index contributed by atoms with van der Waals surface area (Å²) in [6, 6.07) is 7.08. The molecule has 0 unspecified atom stereocenters. The van der Waals surface area contributed by atoms with Crippen LogP contribution in [0.15, 0.2) is 29.2 Å². The summed E-state index contributed by atoms with van der Waals surface area (Å²) in [4.78, 5) is 13.7. The number of amides is 1. The zero-order valence-electron chi connectivity index (χ0n) is 12.9. The number of nitrogens with zero attached hydrogens (tertiary/aromatic N) is 2. The third kappa shape index (κ3) is 2.90. The van der Waals surface area contributed by atoms with E-state index in [1.807, 2.05) is 12.1 Å². The quantitative estimate of drug-likeness (QED) is 0.853. The van der Waals surface area contributed by atoms with Crippen molar-refractivity contribution in [2.45, 2.75) is 36.5 Å². The Kier molecular flexibility index (Phi) is 4.23. The molecule has 1 aromatic rings. The Balaban J connectivity index is 1.78. The molecule has 2 aliphatic rings. The van der Waals surface area contributed by atoms with Gasteiger partial charge in [0.05, 0.1) is 4.90 Å². The molecule has 1 amide bonds. The second-order valence-corrected chi connectivity index (χ2v) is 8.15. The summed E-state index contributed by atoms with van der Waals surface area (Å²) in [6.07, 6.45) is 3.49. The van der Waals surface area contributed by atoms with Gasteiger partial charge >= 0.3 is 0 Å². The molecule has 6 heteroatoms. The summed E-state index contributed by atoms with van der Waals surface area (Å²) in [5, 5.41) is 0. The molecular weight excluding hydrogens is 300 g/mol. The molecule has 0 radical (unpaired) electrons. The molecule has 0 N–H and O–H groups in total. The van der Waals surface area contributed by atoms with Gasteiger partial charge in [-0.1, -0.05) is 18.6 Å². The van der Waals surface area contributed by atoms with Crippen LogP contribution in [0, 0.1) is 0 Å².